The van der Waals surface area contributed by atoms with Crippen LogP contribution >= 0.6 is 23.2 Å². The van der Waals surface area contributed by atoms with Gasteiger partial charge in [0.25, 0.3) is 11.8 Å². The highest BCUT2D eigenvalue weighted by molar-refractivity contribution is 6.42. The minimum Gasteiger partial charge on any atom is -0.323 e. The van der Waals surface area contributed by atoms with Gasteiger partial charge < -0.3 is 4.57 Å². The number of carbonyl (C=O) groups excluding carboxylic acids is 3. The van der Waals surface area contributed by atoms with Crippen molar-refractivity contribution in [1.29, 1.82) is 0 Å². The van der Waals surface area contributed by atoms with Gasteiger partial charge in [0.1, 0.15) is 5.57 Å². The molecule has 1 fully saturated rings. The number of halogens is 2. The van der Waals surface area contributed by atoms with Crippen molar-refractivity contribution in [3.8, 4) is 5.69 Å². The normalized spacial score (nSPS) is 15.7. The highest BCUT2D eigenvalue weighted by Gasteiger charge is 2.37. The number of urea groups is 1. The summed E-state index contributed by atoms with van der Waals surface area (Å²) in [5.41, 5.74) is 1.52. The van der Waals surface area contributed by atoms with Crippen LogP contribution in [0.15, 0.2) is 72.6 Å². The van der Waals surface area contributed by atoms with Crippen molar-refractivity contribution in [3.05, 3.63) is 88.2 Å². The minimum atomic E-state index is -0.872. The van der Waals surface area contributed by atoms with E-state index in [1.807, 2.05) is 41.1 Å². The molecule has 8 heteroatoms. The summed E-state index contributed by atoms with van der Waals surface area (Å²) in [6, 6.07) is 14.8. The number of hydrogen-bond acceptors (Lipinski definition) is 3. The Bertz CT molecular complexity index is 1170. The Balaban J connectivity index is 1.70. The van der Waals surface area contributed by atoms with Gasteiger partial charge in [0.15, 0.2) is 0 Å². The highest BCUT2D eigenvalue weighted by atomic mass is 35.5. The van der Waals surface area contributed by atoms with Crippen LogP contribution in [-0.2, 0) is 9.59 Å². The zero-order valence-corrected chi connectivity index (χ0v) is 16.3. The van der Waals surface area contributed by atoms with Gasteiger partial charge in [-0.15, -0.1) is 0 Å². The van der Waals surface area contributed by atoms with Gasteiger partial charge in [0, 0.05) is 23.1 Å². The fraction of sp³-hybridized carbons (Fsp3) is 0. The molecular formula is C21H13Cl2N3O3. The maximum Gasteiger partial charge on any atom is 0.335 e. The molecule has 0 saturated carbocycles. The molecule has 0 aliphatic carbocycles. The van der Waals surface area contributed by atoms with Crippen molar-refractivity contribution in [2.75, 3.05) is 4.90 Å². The summed E-state index contributed by atoms with van der Waals surface area (Å²) in [5.74, 6) is -1.54. The molecule has 4 amide bonds. The Hall–Kier alpha value is -3.35. The third-order valence-electron chi connectivity index (χ3n) is 4.33. The molecule has 2 heterocycles. The Kier molecular flexibility index (Phi) is 4.96. The van der Waals surface area contributed by atoms with E-state index >= 15 is 0 Å². The second kappa shape index (κ2) is 7.58. The molecular weight excluding hydrogens is 413 g/mol. The number of carbonyl (C=O) groups is 3. The summed E-state index contributed by atoms with van der Waals surface area (Å²) in [4.78, 5) is 38.4. The second-order valence-electron chi connectivity index (χ2n) is 6.24. The number of amides is 4. The first-order chi connectivity index (χ1) is 13.9. The number of barbiturate groups is 1. The molecule has 1 aromatic heterocycles. The van der Waals surface area contributed by atoms with E-state index in [-0.39, 0.29) is 16.3 Å². The van der Waals surface area contributed by atoms with Crippen molar-refractivity contribution >= 4 is 52.8 Å². The number of anilines is 1. The molecule has 1 aliphatic rings. The van der Waals surface area contributed by atoms with Gasteiger partial charge in [0.05, 0.1) is 10.7 Å². The van der Waals surface area contributed by atoms with Crippen LogP contribution in [0.5, 0.6) is 0 Å². The SMILES string of the molecule is O=C1NC(=O)N(c2ccc(Cl)cc2Cl)C(=O)/C1=C\c1ccn(-c2ccccc2)c1. The van der Waals surface area contributed by atoms with Gasteiger partial charge >= 0.3 is 6.03 Å². The van der Waals surface area contributed by atoms with E-state index in [4.69, 9.17) is 23.2 Å². The first-order valence-corrected chi connectivity index (χ1v) is 9.29. The van der Waals surface area contributed by atoms with Crippen molar-refractivity contribution in [2.24, 2.45) is 0 Å². The van der Waals surface area contributed by atoms with Gasteiger partial charge in [-0.1, -0.05) is 41.4 Å². The van der Waals surface area contributed by atoms with Gasteiger partial charge in [-0.3, -0.25) is 14.9 Å². The molecule has 1 aliphatic heterocycles. The van der Waals surface area contributed by atoms with Crippen LogP contribution in [0.1, 0.15) is 5.56 Å². The monoisotopic (exact) mass is 425 g/mol. The zero-order valence-electron chi connectivity index (χ0n) is 14.8. The smallest absolute Gasteiger partial charge is 0.323 e. The number of para-hydroxylation sites is 1. The topological polar surface area (TPSA) is 71.4 Å². The standard InChI is InChI=1S/C21H13Cl2N3O3/c22-14-6-7-18(17(23)11-14)26-20(28)16(19(27)24-21(26)29)10-13-8-9-25(12-13)15-4-2-1-3-5-15/h1-12H,(H,24,27,29)/b16-10-. The lowest BCUT2D eigenvalue weighted by atomic mass is 10.1. The van der Waals surface area contributed by atoms with Gasteiger partial charge in [-0.05, 0) is 48.0 Å². The Morgan fingerprint density at radius 2 is 1.69 bits per heavy atom. The van der Waals surface area contributed by atoms with Crippen molar-refractivity contribution in [3.63, 3.8) is 0 Å². The van der Waals surface area contributed by atoms with Crippen LogP contribution in [0, 0.1) is 0 Å². The molecule has 0 radical (unpaired) electrons. The molecule has 2 aromatic carbocycles. The number of nitrogens with one attached hydrogen (secondary N) is 1. The first-order valence-electron chi connectivity index (χ1n) is 8.54. The summed E-state index contributed by atoms with van der Waals surface area (Å²) in [7, 11) is 0. The molecule has 0 bridgehead atoms. The molecule has 3 aromatic rings. The van der Waals surface area contributed by atoms with Gasteiger partial charge in [-0.2, -0.15) is 0 Å². The predicted molar refractivity (Wildman–Crippen MR) is 111 cm³/mol. The Morgan fingerprint density at radius 1 is 0.931 bits per heavy atom. The lowest BCUT2D eigenvalue weighted by molar-refractivity contribution is -0.122. The average Bonchev–Trinajstić information content (AvgIpc) is 3.16. The fourth-order valence-electron chi connectivity index (χ4n) is 2.96. The van der Waals surface area contributed by atoms with Crippen molar-refractivity contribution < 1.29 is 14.4 Å². The zero-order chi connectivity index (χ0) is 20.5. The van der Waals surface area contributed by atoms with E-state index in [9.17, 15) is 14.4 Å². The summed E-state index contributed by atoms with van der Waals surface area (Å²) in [5, 5.41) is 2.64. The first kappa shape index (κ1) is 19.0. The fourth-order valence-corrected chi connectivity index (χ4v) is 3.46. The number of imide groups is 2. The molecule has 144 valence electrons. The van der Waals surface area contributed by atoms with E-state index in [0.29, 0.717) is 10.6 Å². The number of hydrogen-bond donors (Lipinski definition) is 1. The molecule has 1 N–H and O–H groups in total. The van der Waals surface area contributed by atoms with Crippen LogP contribution in [-0.4, -0.2) is 22.4 Å². The van der Waals surface area contributed by atoms with E-state index in [1.165, 1.54) is 24.3 Å². The largest absolute Gasteiger partial charge is 0.335 e. The van der Waals surface area contributed by atoms with Gasteiger partial charge in [-0.25, -0.2) is 9.69 Å². The molecule has 29 heavy (non-hydrogen) atoms. The third kappa shape index (κ3) is 3.68. The number of rotatable bonds is 3. The average molecular weight is 426 g/mol. The molecule has 0 spiro atoms. The highest BCUT2D eigenvalue weighted by Crippen LogP contribution is 2.31. The Labute approximate surface area is 175 Å². The molecule has 1 saturated heterocycles. The van der Waals surface area contributed by atoms with Crippen LogP contribution in [0.2, 0.25) is 10.0 Å². The molecule has 4 rings (SSSR count). The lowest BCUT2D eigenvalue weighted by Gasteiger charge is -2.27. The summed E-state index contributed by atoms with van der Waals surface area (Å²) < 4.78 is 1.86. The Morgan fingerprint density at radius 3 is 2.41 bits per heavy atom. The number of benzene rings is 2. The number of nitrogens with zero attached hydrogens (tertiary/aromatic N) is 2. The maximum atomic E-state index is 12.9. The van der Waals surface area contributed by atoms with Crippen LogP contribution in [0.4, 0.5) is 10.5 Å². The van der Waals surface area contributed by atoms with Crippen LogP contribution in [0.25, 0.3) is 11.8 Å². The van der Waals surface area contributed by atoms with Crippen molar-refractivity contribution in [2.45, 2.75) is 0 Å². The summed E-state index contributed by atoms with van der Waals surface area (Å²) in [6.45, 7) is 0. The van der Waals surface area contributed by atoms with Crippen LogP contribution < -0.4 is 10.2 Å². The molecule has 0 unspecified atom stereocenters. The van der Waals surface area contributed by atoms with E-state index in [1.54, 1.807) is 12.3 Å². The maximum absolute atomic E-state index is 12.9. The molecule has 0 atom stereocenters. The summed E-state index contributed by atoms with van der Waals surface area (Å²) in [6.07, 6.45) is 5.02. The van der Waals surface area contributed by atoms with E-state index in [2.05, 4.69) is 5.32 Å². The summed E-state index contributed by atoms with van der Waals surface area (Å²) >= 11 is 12.0. The second-order valence-corrected chi connectivity index (χ2v) is 7.08. The quantitative estimate of drug-likeness (QED) is 0.497. The molecule has 6 nitrogen and oxygen atoms in total. The van der Waals surface area contributed by atoms with E-state index in [0.717, 1.165) is 10.6 Å². The van der Waals surface area contributed by atoms with Gasteiger partial charge in [0.2, 0.25) is 0 Å². The van der Waals surface area contributed by atoms with E-state index < -0.39 is 17.8 Å². The minimum absolute atomic E-state index is 0.116. The number of aromatic nitrogens is 1. The predicted octanol–water partition coefficient (Wildman–Crippen LogP) is 4.45. The third-order valence-corrected chi connectivity index (χ3v) is 4.87. The lowest BCUT2D eigenvalue weighted by Crippen LogP contribution is -2.54. The van der Waals surface area contributed by atoms with Crippen LogP contribution in [0.3, 0.4) is 0 Å². The van der Waals surface area contributed by atoms with Crippen molar-refractivity contribution in [1.82, 2.24) is 9.88 Å².